The molecule has 1 fully saturated rings. The lowest BCUT2D eigenvalue weighted by Gasteiger charge is -2.16. The van der Waals surface area contributed by atoms with E-state index in [9.17, 15) is 18.4 Å². The van der Waals surface area contributed by atoms with E-state index < -0.39 is 23.1 Å². The molecule has 0 unspecified atom stereocenters. The minimum absolute atomic E-state index is 0.190. The van der Waals surface area contributed by atoms with E-state index in [1.807, 2.05) is 36.4 Å². The third kappa shape index (κ3) is 5.29. The summed E-state index contributed by atoms with van der Waals surface area (Å²) in [5.74, 6) is 0.284. The van der Waals surface area contributed by atoms with Gasteiger partial charge in [0, 0.05) is 17.2 Å². The maximum absolute atomic E-state index is 14.3. The van der Waals surface area contributed by atoms with Crippen LogP contribution in [0.25, 0.3) is 21.6 Å². The first-order valence-corrected chi connectivity index (χ1v) is 13.4. The second-order valence-corrected chi connectivity index (χ2v) is 10.6. The second kappa shape index (κ2) is 10.6. The monoisotopic (exact) mass is 547 g/mol. The van der Waals surface area contributed by atoms with Gasteiger partial charge in [0.1, 0.15) is 23.5 Å². The number of benzene rings is 3. The largest absolute Gasteiger partial charge is 0.496 e. The number of carbonyl (C=O) groups is 2. The third-order valence-corrected chi connectivity index (χ3v) is 8.17. The number of ketones is 1. The molecule has 1 amide bonds. The lowest BCUT2D eigenvalue weighted by atomic mass is 9.90. The number of Topliss-reactive ketones (excluding diaryl/α,β-unsaturated/α-hetero) is 1. The number of carbonyl (C=O) groups excluding carboxylic acids is 2. The van der Waals surface area contributed by atoms with Crippen LogP contribution in [0.5, 0.6) is 5.75 Å². The molecule has 0 bridgehead atoms. The van der Waals surface area contributed by atoms with Gasteiger partial charge in [-0.05, 0) is 55.5 Å². The molecule has 1 atom stereocenters. The molecule has 39 heavy (non-hydrogen) atoms. The van der Waals surface area contributed by atoms with Crippen molar-refractivity contribution in [2.45, 2.75) is 38.2 Å². The summed E-state index contributed by atoms with van der Waals surface area (Å²) in [7, 11) is 1.56. The van der Waals surface area contributed by atoms with Crippen molar-refractivity contribution in [1.29, 1.82) is 0 Å². The summed E-state index contributed by atoms with van der Waals surface area (Å²) in [4.78, 5) is 25.2. The first kappa shape index (κ1) is 26.6. The van der Waals surface area contributed by atoms with Crippen LogP contribution in [-0.4, -0.2) is 19.0 Å². The number of amides is 1. The van der Waals surface area contributed by atoms with Crippen LogP contribution in [-0.2, 0) is 14.9 Å². The van der Waals surface area contributed by atoms with Crippen molar-refractivity contribution in [1.82, 2.24) is 0 Å². The standard InChI is InChI=1S/C31H27F2NO4S/c1-18(23-6-4-5-7-25(23)32)38-30(36)34-26-17-28(33)39-29(26)21-10-13-24(27(16-21)37-3)20-8-11-22(12-9-20)31(14-15-31)19(2)35/h4-13,16-18H,14-15H2,1-3H3,(H,34,36)/t18-/m1/s1. The first-order valence-electron chi connectivity index (χ1n) is 12.5. The van der Waals surface area contributed by atoms with E-state index in [2.05, 4.69) is 5.32 Å². The smallest absolute Gasteiger partial charge is 0.412 e. The highest BCUT2D eigenvalue weighted by molar-refractivity contribution is 7.14. The van der Waals surface area contributed by atoms with E-state index in [-0.39, 0.29) is 22.4 Å². The quantitative estimate of drug-likeness (QED) is 0.241. The summed E-state index contributed by atoms with van der Waals surface area (Å²) >= 11 is 0.878. The fourth-order valence-electron chi connectivity index (χ4n) is 4.85. The molecule has 3 aromatic carbocycles. The zero-order valence-electron chi connectivity index (χ0n) is 21.7. The Morgan fingerprint density at radius 1 is 0.974 bits per heavy atom. The molecule has 1 aliphatic rings. The molecule has 1 aliphatic carbocycles. The van der Waals surface area contributed by atoms with E-state index in [1.54, 1.807) is 39.2 Å². The van der Waals surface area contributed by atoms with Crippen molar-refractivity contribution < 1.29 is 27.8 Å². The Bertz CT molecular complexity index is 1540. The maximum Gasteiger partial charge on any atom is 0.412 e. The lowest BCUT2D eigenvalue weighted by Crippen LogP contribution is -2.16. The number of nitrogens with one attached hydrogen (secondary N) is 1. The molecule has 1 aromatic heterocycles. The molecular formula is C31H27F2NO4S. The normalized spacial score (nSPS) is 14.4. The van der Waals surface area contributed by atoms with E-state index in [0.29, 0.717) is 16.2 Å². The Kier molecular flexibility index (Phi) is 7.23. The molecule has 8 heteroatoms. The molecule has 0 saturated heterocycles. The SMILES string of the molecule is COc1cc(-c2sc(F)cc2NC(=O)O[C@H](C)c2ccccc2F)ccc1-c1ccc(C2(C(C)=O)CC2)cc1. The minimum atomic E-state index is -0.839. The molecule has 0 aliphatic heterocycles. The molecule has 0 radical (unpaired) electrons. The second-order valence-electron chi connectivity index (χ2n) is 9.62. The van der Waals surface area contributed by atoms with Gasteiger partial charge >= 0.3 is 6.09 Å². The predicted molar refractivity (Wildman–Crippen MR) is 148 cm³/mol. The Morgan fingerprint density at radius 2 is 1.67 bits per heavy atom. The van der Waals surface area contributed by atoms with Gasteiger partial charge in [-0.15, -0.1) is 11.3 Å². The Labute approximate surface area is 229 Å². The predicted octanol–water partition coefficient (Wildman–Crippen LogP) is 8.30. The van der Waals surface area contributed by atoms with Crippen LogP contribution in [0.3, 0.4) is 0 Å². The summed E-state index contributed by atoms with van der Waals surface area (Å²) in [6, 6.07) is 20.7. The first-order chi connectivity index (χ1) is 18.7. The zero-order valence-corrected chi connectivity index (χ0v) is 22.5. The molecule has 1 saturated carbocycles. The van der Waals surface area contributed by atoms with Crippen molar-refractivity contribution in [2.75, 3.05) is 12.4 Å². The number of ether oxygens (including phenoxy) is 2. The van der Waals surface area contributed by atoms with Gasteiger partial charge in [0.25, 0.3) is 0 Å². The van der Waals surface area contributed by atoms with Gasteiger partial charge in [-0.2, -0.15) is 4.39 Å². The van der Waals surface area contributed by atoms with Crippen LogP contribution in [0.2, 0.25) is 0 Å². The summed E-state index contributed by atoms with van der Waals surface area (Å²) in [5, 5.41) is 2.10. The van der Waals surface area contributed by atoms with Crippen LogP contribution in [0, 0.1) is 10.9 Å². The van der Waals surface area contributed by atoms with Crippen molar-refractivity contribution in [3.63, 3.8) is 0 Å². The van der Waals surface area contributed by atoms with Crippen molar-refractivity contribution in [3.8, 4) is 27.3 Å². The Hall–Kier alpha value is -4.04. The third-order valence-electron chi connectivity index (χ3n) is 7.20. The molecule has 5 rings (SSSR count). The highest BCUT2D eigenvalue weighted by Gasteiger charge is 2.48. The van der Waals surface area contributed by atoms with Crippen LogP contribution in [0.1, 0.15) is 43.9 Å². The minimum Gasteiger partial charge on any atom is -0.496 e. The fourth-order valence-corrected chi connectivity index (χ4v) is 5.68. The van der Waals surface area contributed by atoms with E-state index >= 15 is 0 Å². The zero-order chi connectivity index (χ0) is 27.7. The fraction of sp³-hybridized carbons (Fsp3) is 0.226. The van der Waals surface area contributed by atoms with Gasteiger partial charge in [-0.25, -0.2) is 9.18 Å². The molecule has 5 nitrogen and oxygen atoms in total. The molecule has 200 valence electrons. The van der Waals surface area contributed by atoms with Gasteiger partial charge in [0.05, 0.1) is 23.1 Å². The van der Waals surface area contributed by atoms with Crippen LogP contribution in [0.15, 0.2) is 72.8 Å². The van der Waals surface area contributed by atoms with Crippen LogP contribution in [0.4, 0.5) is 19.3 Å². The van der Waals surface area contributed by atoms with Gasteiger partial charge in [0.2, 0.25) is 0 Å². The topological polar surface area (TPSA) is 64.6 Å². The lowest BCUT2D eigenvalue weighted by molar-refractivity contribution is -0.119. The van der Waals surface area contributed by atoms with Gasteiger partial charge < -0.3 is 9.47 Å². The number of rotatable bonds is 8. The van der Waals surface area contributed by atoms with Crippen molar-refractivity contribution >= 4 is 28.9 Å². The highest BCUT2D eigenvalue weighted by atomic mass is 32.1. The maximum atomic E-state index is 14.3. The van der Waals surface area contributed by atoms with E-state index in [0.717, 1.165) is 40.9 Å². The number of hydrogen-bond donors (Lipinski definition) is 1. The molecule has 0 spiro atoms. The van der Waals surface area contributed by atoms with Gasteiger partial charge in [-0.3, -0.25) is 10.1 Å². The summed E-state index contributed by atoms with van der Waals surface area (Å²) in [6.45, 7) is 3.20. The molecule has 1 heterocycles. The van der Waals surface area contributed by atoms with Gasteiger partial charge in [-0.1, -0.05) is 54.6 Å². The molecular weight excluding hydrogens is 520 g/mol. The molecule has 1 N–H and O–H groups in total. The highest BCUT2D eigenvalue weighted by Crippen LogP contribution is 2.49. The van der Waals surface area contributed by atoms with Gasteiger partial charge in [0.15, 0.2) is 5.13 Å². The number of methoxy groups -OCH3 is 1. The number of halogens is 2. The summed E-state index contributed by atoms with van der Waals surface area (Å²) < 4.78 is 39.4. The average Bonchev–Trinajstić information content (AvgIpc) is 3.66. The number of anilines is 1. The van der Waals surface area contributed by atoms with Crippen molar-refractivity contribution in [3.05, 3.63) is 94.9 Å². The van der Waals surface area contributed by atoms with E-state index in [1.165, 1.54) is 18.2 Å². The van der Waals surface area contributed by atoms with E-state index in [4.69, 9.17) is 9.47 Å². The Morgan fingerprint density at radius 3 is 2.31 bits per heavy atom. The Balaban J connectivity index is 1.37. The average molecular weight is 548 g/mol. The summed E-state index contributed by atoms with van der Waals surface area (Å²) in [6.07, 6.45) is 0.0909. The number of hydrogen-bond acceptors (Lipinski definition) is 5. The number of thiophene rings is 1. The van der Waals surface area contributed by atoms with Crippen LogP contribution >= 0.6 is 11.3 Å². The van der Waals surface area contributed by atoms with Crippen molar-refractivity contribution in [2.24, 2.45) is 0 Å². The van der Waals surface area contributed by atoms with Crippen LogP contribution < -0.4 is 10.1 Å². The molecule has 4 aromatic rings. The summed E-state index contributed by atoms with van der Waals surface area (Å²) in [5.41, 5.74) is 3.57.